The highest BCUT2D eigenvalue weighted by Gasteiger charge is 2.52. The molecule has 0 radical (unpaired) electrons. The third-order valence-corrected chi connectivity index (χ3v) is 6.04. The number of aliphatic hydroxyl groups is 1. The second-order valence-corrected chi connectivity index (χ2v) is 9.38. The van der Waals surface area contributed by atoms with Gasteiger partial charge in [0.25, 0.3) is 0 Å². The van der Waals surface area contributed by atoms with Gasteiger partial charge in [-0.2, -0.15) is 0 Å². The zero-order valence-corrected chi connectivity index (χ0v) is 17.8. The first-order valence-corrected chi connectivity index (χ1v) is 10.4. The van der Waals surface area contributed by atoms with Gasteiger partial charge in [0.15, 0.2) is 0 Å². The fourth-order valence-corrected chi connectivity index (χ4v) is 5.14. The van der Waals surface area contributed by atoms with Crippen LogP contribution in [0.25, 0.3) is 0 Å². The minimum atomic E-state index is -0.852. The van der Waals surface area contributed by atoms with Gasteiger partial charge in [-0.1, -0.05) is 31.5 Å². The Balaban J connectivity index is 1.93. The Hall–Kier alpha value is -1.55. The Morgan fingerprint density at radius 3 is 2.04 bits per heavy atom. The molecule has 2 aliphatic heterocycles. The van der Waals surface area contributed by atoms with Crippen LogP contribution in [0.5, 0.6) is 0 Å². The summed E-state index contributed by atoms with van der Waals surface area (Å²) in [5.74, 6) is 0. The Morgan fingerprint density at radius 1 is 1.15 bits per heavy atom. The van der Waals surface area contributed by atoms with Gasteiger partial charge in [0.05, 0.1) is 5.60 Å². The highest BCUT2D eigenvalue weighted by atomic mass is 16.6. The fourth-order valence-electron chi connectivity index (χ4n) is 5.14. The predicted octanol–water partition coefficient (Wildman–Crippen LogP) is 4.87. The molecule has 2 fully saturated rings. The molecule has 2 unspecified atom stereocenters. The van der Waals surface area contributed by atoms with Crippen LogP contribution in [-0.4, -0.2) is 33.8 Å². The van der Waals surface area contributed by atoms with Crippen molar-refractivity contribution in [2.24, 2.45) is 0 Å². The number of nitrogens with zero attached hydrogens (tertiary/aromatic N) is 1. The fraction of sp³-hybridized carbons (Fsp3) is 0.696. The van der Waals surface area contributed by atoms with Gasteiger partial charge in [-0.25, -0.2) is 4.79 Å². The monoisotopic (exact) mass is 373 g/mol. The molecule has 1 N–H and O–H groups in total. The summed E-state index contributed by atoms with van der Waals surface area (Å²) in [6, 6.07) is 4.54. The molecule has 2 aliphatic rings. The molecule has 4 nitrogen and oxygen atoms in total. The lowest BCUT2D eigenvalue weighted by Gasteiger charge is -2.45. The van der Waals surface area contributed by atoms with E-state index >= 15 is 0 Å². The van der Waals surface area contributed by atoms with Crippen molar-refractivity contribution in [1.82, 2.24) is 4.90 Å². The van der Waals surface area contributed by atoms with Gasteiger partial charge in [-0.15, -0.1) is 0 Å². The van der Waals surface area contributed by atoms with E-state index in [0.717, 1.165) is 31.2 Å². The van der Waals surface area contributed by atoms with Crippen LogP contribution in [0.4, 0.5) is 4.79 Å². The topological polar surface area (TPSA) is 49.8 Å². The van der Waals surface area contributed by atoms with Crippen LogP contribution in [-0.2, 0) is 23.2 Å². The SMILES string of the molecule is CCc1cc(C)cc(CC)c1C1(O)CC2CCC(C1)N2C(=O)OC(C)(C)C. The molecule has 3 rings (SSSR count). The number of rotatable bonds is 3. The van der Waals surface area contributed by atoms with Crippen molar-refractivity contribution in [2.75, 3.05) is 0 Å². The van der Waals surface area contributed by atoms with Crippen molar-refractivity contribution in [3.8, 4) is 0 Å². The Bertz CT molecular complexity index is 680. The molecule has 2 atom stereocenters. The molecule has 0 aromatic heterocycles. The first kappa shape index (κ1) is 20.2. The Morgan fingerprint density at radius 2 is 1.63 bits per heavy atom. The van der Waals surface area contributed by atoms with Gasteiger partial charge >= 0.3 is 6.09 Å². The van der Waals surface area contributed by atoms with Crippen molar-refractivity contribution in [3.05, 3.63) is 34.4 Å². The maximum absolute atomic E-state index is 12.7. The molecule has 1 amide bonds. The van der Waals surface area contributed by atoms with Crippen molar-refractivity contribution < 1.29 is 14.6 Å². The second kappa shape index (κ2) is 7.12. The molecule has 150 valence electrons. The summed E-state index contributed by atoms with van der Waals surface area (Å²) < 4.78 is 5.64. The summed E-state index contributed by atoms with van der Waals surface area (Å²) in [7, 11) is 0. The van der Waals surface area contributed by atoms with Gasteiger partial charge in [0, 0.05) is 24.9 Å². The molecule has 2 heterocycles. The maximum Gasteiger partial charge on any atom is 0.410 e. The van der Waals surface area contributed by atoms with E-state index in [-0.39, 0.29) is 18.2 Å². The largest absolute Gasteiger partial charge is 0.444 e. The number of aryl methyl sites for hydroxylation is 3. The number of amides is 1. The van der Waals surface area contributed by atoms with Crippen molar-refractivity contribution in [2.45, 2.75) is 103 Å². The molecule has 0 aliphatic carbocycles. The standard InChI is InChI=1S/C23H35NO3/c1-7-16-11-15(3)12-17(8-2)20(16)23(26)13-18-9-10-19(14-23)24(18)21(25)27-22(4,5)6/h11-12,18-19,26H,7-10,13-14H2,1-6H3. The summed E-state index contributed by atoms with van der Waals surface area (Å²) in [5.41, 5.74) is 3.53. The van der Waals surface area contributed by atoms with Crippen LogP contribution < -0.4 is 0 Å². The Kier molecular flexibility index (Phi) is 5.33. The van der Waals surface area contributed by atoms with E-state index in [9.17, 15) is 9.90 Å². The van der Waals surface area contributed by atoms with Crippen LogP contribution >= 0.6 is 0 Å². The molecular weight excluding hydrogens is 338 g/mol. The summed E-state index contributed by atoms with van der Waals surface area (Å²) in [4.78, 5) is 14.6. The molecular formula is C23H35NO3. The summed E-state index contributed by atoms with van der Waals surface area (Å²) in [6.45, 7) is 12.2. The average Bonchev–Trinajstić information content (AvgIpc) is 2.85. The lowest BCUT2D eigenvalue weighted by molar-refractivity contribution is -0.0632. The first-order chi connectivity index (χ1) is 12.6. The van der Waals surface area contributed by atoms with E-state index in [0.29, 0.717) is 12.8 Å². The van der Waals surface area contributed by atoms with E-state index in [1.807, 2.05) is 25.7 Å². The molecule has 2 bridgehead atoms. The van der Waals surface area contributed by atoms with Gasteiger partial charge in [0.2, 0.25) is 0 Å². The number of hydrogen-bond donors (Lipinski definition) is 1. The summed E-state index contributed by atoms with van der Waals surface area (Å²) >= 11 is 0. The number of fused-ring (bicyclic) bond motifs is 2. The van der Waals surface area contributed by atoms with E-state index in [1.54, 1.807) is 0 Å². The summed E-state index contributed by atoms with van der Waals surface area (Å²) in [6.07, 6.45) is 4.70. The molecule has 27 heavy (non-hydrogen) atoms. The van der Waals surface area contributed by atoms with Crippen molar-refractivity contribution >= 4 is 6.09 Å². The molecule has 2 saturated heterocycles. The number of ether oxygens (including phenoxy) is 1. The normalized spacial score (nSPS) is 27.7. The first-order valence-electron chi connectivity index (χ1n) is 10.4. The van der Waals surface area contributed by atoms with E-state index in [1.165, 1.54) is 16.7 Å². The van der Waals surface area contributed by atoms with Crippen LogP contribution in [0.2, 0.25) is 0 Å². The van der Waals surface area contributed by atoms with Crippen LogP contribution in [0.3, 0.4) is 0 Å². The van der Waals surface area contributed by atoms with E-state index in [2.05, 4.69) is 32.9 Å². The smallest absolute Gasteiger partial charge is 0.410 e. The molecule has 4 heteroatoms. The number of hydrogen-bond acceptors (Lipinski definition) is 3. The maximum atomic E-state index is 12.7. The minimum absolute atomic E-state index is 0.0549. The van der Waals surface area contributed by atoms with Crippen LogP contribution in [0.15, 0.2) is 12.1 Å². The molecule has 1 aromatic rings. The number of benzene rings is 1. The molecule has 0 spiro atoms. The minimum Gasteiger partial charge on any atom is -0.444 e. The lowest BCUT2D eigenvalue weighted by atomic mass is 9.75. The quantitative estimate of drug-likeness (QED) is 0.822. The van der Waals surface area contributed by atoms with Gasteiger partial charge < -0.3 is 14.7 Å². The lowest BCUT2D eigenvalue weighted by Crippen LogP contribution is -2.53. The number of piperidine rings is 1. The molecule has 1 aromatic carbocycles. The zero-order valence-electron chi connectivity index (χ0n) is 17.8. The van der Waals surface area contributed by atoms with Gasteiger partial charge in [-0.05, 0) is 70.1 Å². The van der Waals surface area contributed by atoms with Crippen LogP contribution in [0.1, 0.15) is 82.6 Å². The Labute approximate surface area is 163 Å². The third kappa shape index (κ3) is 3.87. The number of carbonyl (C=O) groups is 1. The second-order valence-electron chi connectivity index (χ2n) is 9.38. The summed E-state index contributed by atoms with van der Waals surface area (Å²) in [5, 5.41) is 11.8. The van der Waals surface area contributed by atoms with Gasteiger partial charge in [-0.3, -0.25) is 0 Å². The number of carbonyl (C=O) groups excluding carboxylic acids is 1. The zero-order chi connectivity index (χ0) is 20.0. The highest BCUT2D eigenvalue weighted by molar-refractivity contribution is 5.70. The van der Waals surface area contributed by atoms with Crippen molar-refractivity contribution in [1.29, 1.82) is 0 Å². The van der Waals surface area contributed by atoms with E-state index in [4.69, 9.17) is 4.74 Å². The van der Waals surface area contributed by atoms with Crippen molar-refractivity contribution in [3.63, 3.8) is 0 Å². The van der Waals surface area contributed by atoms with E-state index < -0.39 is 11.2 Å². The van der Waals surface area contributed by atoms with Gasteiger partial charge in [0.1, 0.15) is 5.60 Å². The predicted molar refractivity (Wildman–Crippen MR) is 108 cm³/mol. The van der Waals surface area contributed by atoms with Crippen LogP contribution in [0, 0.1) is 6.92 Å². The molecule has 0 saturated carbocycles. The highest BCUT2D eigenvalue weighted by Crippen LogP contribution is 2.48. The third-order valence-electron chi connectivity index (χ3n) is 6.04. The average molecular weight is 374 g/mol.